The van der Waals surface area contributed by atoms with Gasteiger partial charge in [-0.1, -0.05) is 0 Å². The summed E-state index contributed by atoms with van der Waals surface area (Å²) in [4.78, 5) is 31.0. The van der Waals surface area contributed by atoms with E-state index in [0.717, 1.165) is 52.2 Å². The van der Waals surface area contributed by atoms with Crippen molar-refractivity contribution in [1.82, 2.24) is 24.5 Å². The number of carbonyl (C=O) groups is 2. The Morgan fingerprint density at radius 3 is 2.56 bits per heavy atom. The first kappa shape index (κ1) is 16.5. The molecule has 2 amide bonds. The van der Waals surface area contributed by atoms with Crippen molar-refractivity contribution in [2.45, 2.75) is 25.4 Å². The van der Waals surface area contributed by atoms with E-state index < -0.39 is 0 Å². The molecule has 136 valence electrons. The lowest BCUT2D eigenvalue weighted by Crippen LogP contribution is -2.50. The van der Waals surface area contributed by atoms with Crippen LogP contribution in [0.5, 0.6) is 0 Å². The van der Waals surface area contributed by atoms with E-state index in [1.54, 1.807) is 22.7 Å². The Labute approximate surface area is 147 Å². The number of nitrogens with zero attached hydrogens (tertiary/aromatic N) is 5. The van der Waals surface area contributed by atoms with Gasteiger partial charge in [0.25, 0.3) is 11.8 Å². The van der Waals surface area contributed by atoms with Gasteiger partial charge in [0, 0.05) is 51.9 Å². The Kier molecular flexibility index (Phi) is 4.47. The van der Waals surface area contributed by atoms with Crippen LogP contribution in [0.4, 0.5) is 0 Å². The molecule has 0 saturated carbocycles. The smallest absolute Gasteiger partial charge is 0.274 e. The number of amides is 2. The van der Waals surface area contributed by atoms with Crippen molar-refractivity contribution < 1.29 is 14.3 Å². The molecule has 0 spiro atoms. The van der Waals surface area contributed by atoms with Gasteiger partial charge in [-0.2, -0.15) is 5.10 Å². The van der Waals surface area contributed by atoms with Gasteiger partial charge in [0.2, 0.25) is 0 Å². The molecule has 0 N–H and O–H groups in total. The number of piperidine rings is 1. The summed E-state index contributed by atoms with van der Waals surface area (Å²) in [6.45, 7) is 6.36. The van der Waals surface area contributed by atoms with Gasteiger partial charge < -0.3 is 14.5 Å². The Balaban J connectivity index is 1.39. The van der Waals surface area contributed by atoms with Crippen molar-refractivity contribution in [3.05, 3.63) is 17.5 Å². The monoisotopic (exact) mass is 347 g/mol. The van der Waals surface area contributed by atoms with Crippen molar-refractivity contribution in [1.29, 1.82) is 0 Å². The number of hydrogen-bond acceptors (Lipinski definition) is 5. The highest BCUT2D eigenvalue weighted by Gasteiger charge is 2.31. The molecule has 8 nitrogen and oxygen atoms in total. The molecule has 0 bridgehead atoms. The van der Waals surface area contributed by atoms with Crippen LogP contribution in [0.3, 0.4) is 0 Å². The lowest BCUT2D eigenvalue weighted by molar-refractivity contribution is 0.00152. The summed E-state index contributed by atoms with van der Waals surface area (Å²) in [6, 6.07) is 2.19. The molecule has 2 saturated heterocycles. The van der Waals surface area contributed by atoms with Crippen LogP contribution in [-0.2, 0) is 11.3 Å². The van der Waals surface area contributed by atoms with Crippen molar-refractivity contribution in [2.24, 2.45) is 0 Å². The number of carbonyl (C=O) groups excluding carboxylic acids is 2. The van der Waals surface area contributed by atoms with Gasteiger partial charge in [0.1, 0.15) is 5.69 Å². The zero-order valence-corrected chi connectivity index (χ0v) is 14.7. The molecule has 1 aromatic heterocycles. The van der Waals surface area contributed by atoms with Crippen LogP contribution in [0.15, 0.2) is 6.07 Å². The van der Waals surface area contributed by atoms with E-state index in [1.807, 2.05) is 4.90 Å². The summed E-state index contributed by atoms with van der Waals surface area (Å²) in [5.41, 5.74) is 0.906. The second kappa shape index (κ2) is 6.76. The SMILES string of the molecule is CN1CCn2nc(C(=O)N3CCC(N4CCOCC4)CC3)cc2C1=O. The Morgan fingerprint density at radius 2 is 1.84 bits per heavy atom. The first-order valence-electron chi connectivity index (χ1n) is 9.08. The minimum atomic E-state index is -0.0659. The lowest BCUT2D eigenvalue weighted by Gasteiger charge is -2.39. The maximum absolute atomic E-state index is 12.8. The highest BCUT2D eigenvalue weighted by Crippen LogP contribution is 2.20. The summed E-state index contributed by atoms with van der Waals surface area (Å²) in [5, 5.41) is 4.37. The number of ether oxygens (including phenoxy) is 1. The molecule has 8 heteroatoms. The van der Waals surface area contributed by atoms with Gasteiger partial charge in [-0.05, 0) is 12.8 Å². The minimum absolute atomic E-state index is 0.0576. The van der Waals surface area contributed by atoms with E-state index in [1.165, 1.54) is 0 Å². The first-order chi connectivity index (χ1) is 12.1. The van der Waals surface area contributed by atoms with Crippen LogP contribution in [0.25, 0.3) is 0 Å². The number of fused-ring (bicyclic) bond motifs is 1. The predicted octanol–water partition coefficient (Wildman–Crippen LogP) is -0.0945. The fourth-order valence-corrected chi connectivity index (χ4v) is 3.94. The molecule has 0 radical (unpaired) electrons. The second-order valence-electron chi connectivity index (χ2n) is 7.04. The predicted molar refractivity (Wildman–Crippen MR) is 90.5 cm³/mol. The quantitative estimate of drug-likeness (QED) is 0.748. The van der Waals surface area contributed by atoms with Crippen LogP contribution in [-0.4, -0.2) is 95.3 Å². The molecular weight excluding hydrogens is 322 g/mol. The molecule has 4 rings (SSSR count). The zero-order valence-electron chi connectivity index (χ0n) is 14.7. The van der Waals surface area contributed by atoms with Crippen LogP contribution < -0.4 is 0 Å². The average molecular weight is 347 g/mol. The van der Waals surface area contributed by atoms with E-state index in [2.05, 4.69) is 10.00 Å². The molecule has 3 aliphatic heterocycles. The Hall–Kier alpha value is -1.93. The van der Waals surface area contributed by atoms with E-state index in [0.29, 0.717) is 30.5 Å². The molecule has 0 aliphatic carbocycles. The number of aromatic nitrogens is 2. The summed E-state index contributed by atoms with van der Waals surface area (Å²) < 4.78 is 7.08. The number of likely N-dealkylation sites (tertiary alicyclic amines) is 1. The summed E-state index contributed by atoms with van der Waals surface area (Å²) in [5.74, 6) is -0.124. The van der Waals surface area contributed by atoms with Gasteiger partial charge in [-0.25, -0.2) is 0 Å². The van der Waals surface area contributed by atoms with Crippen LogP contribution in [0, 0.1) is 0 Å². The summed E-state index contributed by atoms with van der Waals surface area (Å²) >= 11 is 0. The Bertz CT molecular complexity index is 659. The van der Waals surface area contributed by atoms with Gasteiger partial charge in [-0.15, -0.1) is 0 Å². The van der Waals surface area contributed by atoms with Crippen LogP contribution in [0.1, 0.15) is 33.8 Å². The fourth-order valence-electron chi connectivity index (χ4n) is 3.94. The zero-order chi connectivity index (χ0) is 17.4. The standard InChI is InChI=1S/C17H25N5O3/c1-19-6-7-22-15(17(19)24)12-14(18-22)16(23)21-4-2-13(3-5-21)20-8-10-25-11-9-20/h12-13H,2-11H2,1H3. The minimum Gasteiger partial charge on any atom is -0.379 e. The number of hydrogen-bond donors (Lipinski definition) is 0. The third kappa shape index (κ3) is 3.16. The van der Waals surface area contributed by atoms with E-state index in [-0.39, 0.29) is 11.8 Å². The molecule has 3 aliphatic rings. The highest BCUT2D eigenvalue weighted by atomic mass is 16.5. The van der Waals surface area contributed by atoms with Gasteiger partial charge in [0.15, 0.2) is 5.69 Å². The third-order valence-corrected chi connectivity index (χ3v) is 5.53. The normalized spacial score (nSPS) is 23.0. The topological polar surface area (TPSA) is 70.9 Å². The second-order valence-corrected chi connectivity index (χ2v) is 7.04. The average Bonchev–Trinajstić information content (AvgIpc) is 3.10. The number of rotatable bonds is 2. The maximum atomic E-state index is 12.8. The van der Waals surface area contributed by atoms with Crippen molar-refractivity contribution in [2.75, 3.05) is 53.0 Å². The molecule has 0 unspecified atom stereocenters. The van der Waals surface area contributed by atoms with Crippen molar-refractivity contribution in [3.63, 3.8) is 0 Å². The van der Waals surface area contributed by atoms with Gasteiger partial charge in [-0.3, -0.25) is 19.2 Å². The fraction of sp³-hybridized carbons (Fsp3) is 0.706. The van der Waals surface area contributed by atoms with Crippen molar-refractivity contribution in [3.8, 4) is 0 Å². The van der Waals surface area contributed by atoms with E-state index in [4.69, 9.17) is 4.74 Å². The largest absolute Gasteiger partial charge is 0.379 e. The molecule has 1 aromatic rings. The van der Waals surface area contributed by atoms with Gasteiger partial charge in [0.05, 0.1) is 19.8 Å². The molecule has 4 heterocycles. The van der Waals surface area contributed by atoms with E-state index in [9.17, 15) is 9.59 Å². The van der Waals surface area contributed by atoms with Gasteiger partial charge >= 0.3 is 0 Å². The maximum Gasteiger partial charge on any atom is 0.274 e. The molecule has 25 heavy (non-hydrogen) atoms. The van der Waals surface area contributed by atoms with Crippen LogP contribution in [0.2, 0.25) is 0 Å². The summed E-state index contributed by atoms with van der Waals surface area (Å²) in [6.07, 6.45) is 1.97. The number of morpholine rings is 1. The highest BCUT2D eigenvalue weighted by molar-refractivity contribution is 5.98. The summed E-state index contributed by atoms with van der Waals surface area (Å²) in [7, 11) is 1.77. The molecule has 2 fully saturated rings. The first-order valence-corrected chi connectivity index (χ1v) is 9.08. The molecular formula is C17H25N5O3. The van der Waals surface area contributed by atoms with E-state index >= 15 is 0 Å². The lowest BCUT2D eigenvalue weighted by atomic mass is 10.0. The Morgan fingerprint density at radius 1 is 1.12 bits per heavy atom. The molecule has 0 aromatic carbocycles. The number of likely N-dealkylation sites (N-methyl/N-ethyl adjacent to an activating group) is 1. The van der Waals surface area contributed by atoms with Crippen LogP contribution >= 0.6 is 0 Å². The third-order valence-electron chi connectivity index (χ3n) is 5.53. The molecule has 0 atom stereocenters. The van der Waals surface area contributed by atoms with Crippen molar-refractivity contribution >= 4 is 11.8 Å².